The van der Waals surface area contributed by atoms with E-state index in [0.29, 0.717) is 5.56 Å². The van der Waals surface area contributed by atoms with E-state index in [4.69, 9.17) is 0 Å². The van der Waals surface area contributed by atoms with E-state index >= 15 is 0 Å². The van der Waals surface area contributed by atoms with Crippen LogP contribution in [0.3, 0.4) is 0 Å². The highest BCUT2D eigenvalue weighted by Gasteiger charge is 2.16. The van der Waals surface area contributed by atoms with Crippen molar-refractivity contribution in [3.63, 3.8) is 0 Å². The maximum Gasteiger partial charge on any atom is 0.251 e. The minimum atomic E-state index is -0.0864. The first-order valence-electron chi connectivity index (χ1n) is 9.72. The molecule has 1 unspecified atom stereocenters. The highest BCUT2D eigenvalue weighted by Crippen LogP contribution is 2.19. The van der Waals surface area contributed by atoms with Crippen LogP contribution >= 0.6 is 0 Å². The van der Waals surface area contributed by atoms with E-state index in [0.717, 1.165) is 24.1 Å². The Labute approximate surface area is 170 Å². The highest BCUT2D eigenvalue weighted by molar-refractivity contribution is 5.94. The maximum absolute atomic E-state index is 12.9. The Bertz CT molecular complexity index is 1030. The van der Waals surface area contributed by atoms with Gasteiger partial charge in [0, 0.05) is 24.5 Å². The lowest BCUT2D eigenvalue weighted by molar-refractivity contribution is 0.0936. The normalized spacial score (nSPS) is 11.7. The summed E-state index contributed by atoms with van der Waals surface area (Å²) in [5.41, 5.74) is 4.08. The van der Waals surface area contributed by atoms with E-state index in [2.05, 4.69) is 34.6 Å². The van der Waals surface area contributed by atoms with Gasteiger partial charge < -0.3 is 9.88 Å². The number of imidazole rings is 1. The van der Waals surface area contributed by atoms with E-state index in [1.807, 2.05) is 71.4 Å². The number of nitrogens with zero attached hydrogens (tertiary/aromatic N) is 2. The number of rotatable bonds is 7. The Balaban J connectivity index is 1.48. The monoisotopic (exact) mass is 381 g/mol. The summed E-state index contributed by atoms with van der Waals surface area (Å²) in [6.45, 7) is 0.739. The van der Waals surface area contributed by atoms with Crippen molar-refractivity contribution in [3.05, 3.63) is 126 Å². The Morgan fingerprint density at radius 2 is 1.55 bits per heavy atom. The molecule has 144 valence electrons. The van der Waals surface area contributed by atoms with Gasteiger partial charge in [-0.2, -0.15) is 0 Å². The zero-order chi connectivity index (χ0) is 19.9. The van der Waals surface area contributed by atoms with Gasteiger partial charge in [0.2, 0.25) is 0 Å². The first-order valence-corrected chi connectivity index (χ1v) is 9.72. The molecule has 4 rings (SSSR count). The van der Waals surface area contributed by atoms with Crippen LogP contribution in [0.15, 0.2) is 104 Å². The predicted octanol–water partition coefficient (Wildman–Crippen LogP) is 4.65. The Kier molecular flexibility index (Phi) is 5.81. The summed E-state index contributed by atoms with van der Waals surface area (Å²) in [6, 6.07) is 28.0. The van der Waals surface area contributed by atoms with Crippen molar-refractivity contribution >= 4 is 5.91 Å². The Hall–Kier alpha value is -3.66. The Morgan fingerprint density at radius 3 is 2.21 bits per heavy atom. The summed E-state index contributed by atoms with van der Waals surface area (Å²) in [5, 5.41) is 3.21. The number of hydrogen-bond acceptors (Lipinski definition) is 2. The SMILES string of the molecule is O=C(NC(Cc1ccccc1)c1ccccc1)c1ccc(Cn2ccnc2)cc1. The van der Waals surface area contributed by atoms with Gasteiger partial charge in [0.15, 0.2) is 0 Å². The minimum Gasteiger partial charge on any atom is -0.345 e. The predicted molar refractivity (Wildman–Crippen MR) is 115 cm³/mol. The molecule has 0 radical (unpaired) electrons. The number of benzene rings is 3. The molecular formula is C25H23N3O. The van der Waals surface area contributed by atoms with Crippen LogP contribution in [0.5, 0.6) is 0 Å². The molecule has 3 aromatic carbocycles. The molecule has 0 fully saturated rings. The van der Waals surface area contributed by atoms with Gasteiger partial charge in [-0.1, -0.05) is 72.8 Å². The molecule has 1 amide bonds. The summed E-state index contributed by atoms with van der Waals surface area (Å²) in [7, 11) is 0. The van der Waals surface area contributed by atoms with Crippen LogP contribution in [-0.2, 0) is 13.0 Å². The molecule has 1 N–H and O–H groups in total. The second-order valence-electron chi connectivity index (χ2n) is 7.06. The number of amides is 1. The second kappa shape index (κ2) is 9.02. The molecule has 1 atom stereocenters. The number of nitrogens with one attached hydrogen (secondary N) is 1. The molecule has 4 aromatic rings. The average Bonchev–Trinajstić information content (AvgIpc) is 3.28. The minimum absolute atomic E-state index is 0.0658. The largest absolute Gasteiger partial charge is 0.345 e. The van der Waals surface area contributed by atoms with Crippen molar-refractivity contribution in [2.24, 2.45) is 0 Å². The third-order valence-corrected chi connectivity index (χ3v) is 4.93. The lowest BCUT2D eigenvalue weighted by Crippen LogP contribution is -2.30. The molecule has 0 saturated heterocycles. The molecule has 0 aliphatic carbocycles. The molecule has 1 heterocycles. The molecule has 4 nitrogen and oxygen atoms in total. The van der Waals surface area contributed by atoms with E-state index in [-0.39, 0.29) is 11.9 Å². The molecule has 0 aliphatic rings. The van der Waals surface area contributed by atoms with Crippen molar-refractivity contribution in [2.75, 3.05) is 0 Å². The topological polar surface area (TPSA) is 46.9 Å². The molecule has 0 aliphatic heterocycles. The summed E-state index contributed by atoms with van der Waals surface area (Å²) < 4.78 is 2.00. The van der Waals surface area contributed by atoms with Crippen LogP contribution in [0.25, 0.3) is 0 Å². The first-order chi connectivity index (χ1) is 14.3. The third-order valence-electron chi connectivity index (χ3n) is 4.93. The fourth-order valence-corrected chi connectivity index (χ4v) is 3.38. The highest BCUT2D eigenvalue weighted by atomic mass is 16.1. The smallest absolute Gasteiger partial charge is 0.251 e. The number of hydrogen-bond donors (Lipinski definition) is 1. The van der Waals surface area contributed by atoms with E-state index in [9.17, 15) is 4.79 Å². The lowest BCUT2D eigenvalue weighted by atomic mass is 9.98. The first kappa shape index (κ1) is 18.7. The lowest BCUT2D eigenvalue weighted by Gasteiger charge is -2.20. The molecular weight excluding hydrogens is 358 g/mol. The van der Waals surface area contributed by atoms with Gasteiger partial charge in [0.25, 0.3) is 5.91 Å². The fourth-order valence-electron chi connectivity index (χ4n) is 3.38. The van der Waals surface area contributed by atoms with Crippen LogP contribution < -0.4 is 5.32 Å². The van der Waals surface area contributed by atoms with Crippen molar-refractivity contribution in [1.82, 2.24) is 14.9 Å². The average molecular weight is 381 g/mol. The molecule has 0 bridgehead atoms. The van der Waals surface area contributed by atoms with Gasteiger partial charge in [-0.05, 0) is 35.2 Å². The second-order valence-corrected chi connectivity index (χ2v) is 7.06. The number of aromatic nitrogens is 2. The number of carbonyl (C=O) groups excluding carboxylic acids is 1. The standard InChI is InChI=1S/C25H23N3O/c29-25(23-13-11-21(12-14-23)18-28-16-15-26-19-28)27-24(22-9-5-2-6-10-22)17-20-7-3-1-4-8-20/h1-16,19,24H,17-18H2,(H,27,29). The Morgan fingerprint density at radius 1 is 0.862 bits per heavy atom. The summed E-state index contributed by atoms with van der Waals surface area (Å²) >= 11 is 0. The van der Waals surface area contributed by atoms with Gasteiger partial charge in [-0.25, -0.2) is 4.98 Å². The van der Waals surface area contributed by atoms with Crippen molar-refractivity contribution in [1.29, 1.82) is 0 Å². The summed E-state index contributed by atoms with van der Waals surface area (Å²) in [6.07, 6.45) is 6.22. The zero-order valence-electron chi connectivity index (χ0n) is 16.1. The van der Waals surface area contributed by atoms with Crippen molar-refractivity contribution < 1.29 is 4.79 Å². The van der Waals surface area contributed by atoms with Crippen LogP contribution in [0.4, 0.5) is 0 Å². The molecule has 0 saturated carbocycles. The van der Waals surface area contributed by atoms with Crippen LogP contribution in [0.1, 0.15) is 33.1 Å². The van der Waals surface area contributed by atoms with Crippen molar-refractivity contribution in [2.45, 2.75) is 19.0 Å². The molecule has 4 heteroatoms. The molecule has 0 spiro atoms. The van der Waals surface area contributed by atoms with E-state index in [1.54, 1.807) is 12.5 Å². The van der Waals surface area contributed by atoms with Crippen LogP contribution in [0, 0.1) is 0 Å². The molecule has 29 heavy (non-hydrogen) atoms. The maximum atomic E-state index is 12.9. The van der Waals surface area contributed by atoms with Gasteiger partial charge in [0.1, 0.15) is 0 Å². The van der Waals surface area contributed by atoms with Gasteiger partial charge in [0.05, 0.1) is 12.4 Å². The van der Waals surface area contributed by atoms with Gasteiger partial charge in [-0.3, -0.25) is 4.79 Å². The summed E-state index contributed by atoms with van der Waals surface area (Å²) in [5.74, 6) is -0.0658. The fraction of sp³-hybridized carbons (Fsp3) is 0.120. The van der Waals surface area contributed by atoms with Gasteiger partial charge >= 0.3 is 0 Å². The number of carbonyl (C=O) groups is 1. The summed E-state index contributed by atoms with van der Waals surface area (Å²) in [4.78, 5) is 17.0. The van der Waals surface area contributed by atoms with Crippen molar-refractivity contribution in [3.8, 4) is 0 Å². The zero-order valence-corrected chi connectivity index (χ0v) is 16.1. The molecule has 1 aromatic heterocycles. The van der Waals surface area contributed by atoms with E-state index < -0.39 is 0 Å². The van der Waals surface area contributed by atoms with Gasteiger partial charge in [-0.15, -0.1) is 0 Å². The third kappa shape index (κ3) is 4.99. The quantitative estimate of drug-likeness (QED) is 0.507. The van der Waals surface area contributed by atoms with E-state index in [1.165, 1.54) is 5.56 Å². The van der Waals surface area contributed by atoms with Crippen LogP contribution in [-0.4, -0.2) is 15.5 Å². The van der Waals surface area contributed by atoms with Crippen LogP contribution in [0.2, 0.25) is 0 Å².